The summed E-state index contributed by atoms with van der Waals surface area (Å²) in [5.74, 6) is 0.110. The second kappa shape index (κ2) is 6.34. The number of rotatable bonds is 4. The summed E-state index contributed by atoms with van der Waals surface area (Å²) in [6.45, 7) is 2.93. The van der Waals surface area contributed by atoms with E-state index < -0.39 is 0 Å². The highest BCUT2D eigenvalue weighted by atomic mass is 16.2. The maximum Gasteiger partial charge on any atom is 0.257 e. The number of aromatic nitrogens is 2. The quantitative estimate of drug-likeness (QED) is 0.870. The van der Waals surface area contributed by atoms with Crippen LogP contribution in [0.15, 0.2) is 36.7 Å². The van der Waals surface area contributed by atoms with Crippen molar-refractivity contribution in [2.75, 3.05) is 6.54 Å². The zero-order chi connectivity index (χ0) is 15.5. The summed E-state index contributed by atoms with van der Waals surface area (Å²) >= 11 is 0. The Balaban J connectivity index is 1.81. The Morgan fingerprint density at radius 3 is 2.82 bits per heavy atom. The molecule has 0 N–H and O–H groups in total. The lowest BCUT2D eigenvalue weighted by Crippen LogP contribution is -2.43. The van der Waals surface area contributed by atoms with Crippen LogP contribution in [0.4, 0.5) is 0 Å². The summed E-state index contributed by atoms with van der Waals surface area (Å²) < 4.78 is 1.69. The molecule has 1 aromatic heterocycles. The summed E-state index contributed by atoms with van der Waals surface area (Å²) in [4.78, 5) is 14.9. The standard InChI is InChI=1S/C18H23N3O/c1-3-10-21(18(22)16-12-19-20(2)13-16)17-9-8-14-6-4-5-7-15(14)11-17/h4-7,12-13,17H,3,8-11H2,1-2H3/t17-/m0/s1. The molecule has 0 saturated carbocycles. The zero-order valence-electron chi connectivity index (χ0n) is 13.3. The van der Waals surface area contributed by atoms with Crippen LogP contribution >= 0.6 is 0 Å². The predicted molar refractivity (Wildman–Crippen MR) is 86.8 cm³/mol. The van der Waals surface area contributed by atoms with Crippen molar-refractivity contribution in [1.82, 2.24) is 14.7 Å². The van der Waals surface area contributed by atoms with Gasteiger partial charge in [-0.1, -0.05) is 31.2 Å². The molecule has 3 rings (SSSR count). The molecule has 0 spiro atoms. The Morgan fingerprint density at radius 1 is 1.36 bits per heavy atom. The number of amides is 1. The van der Waals surface area contributed by atoms with Gasteiger partial charge >= 0.3 is 0 Å². The van der Waals surface area contributed by atoms with E-state index in [1.807, 2.05) is 18.1 Å². The lowest BCUT2D eigenvalue weighted by Gasteiger charge is -2.35. The Kier molecular flexibility index (Phi) is 4.27. The van der Waals surface area contributed by atoms with Crippen molar-refractivity contribution in [3.05, 3.63) is 53.3 Å². The second-order valence-electron chi connectivity index (χ2n) is 6.07. The Bertz CT molecular complexity index is 662. The van der Waals surface area contributed by atoms with Gasteiger partial charge in [-0.3, -0.25) is 9.48 Å². The molecule has 1 amide bonds. The summed E-state index contributed by atoms with van der Waals surface area (Å²) in [7, 11) is 1.85. The average Bonchev–Trinajstić information content (AvgIpc) is 2.98. The minimum absolute atomic E-state index is 0.110. The third-order valence-electron chi connectivity index (χ3n) is 4.44. The first-order valence-corrected chi connectivity index (χ1v) is 8.05. The van der Waals surface area contributed by atoms with E-state index in [2.05, 4.69) is 36.3 Å². The first-order chi connectivity index (χ1) is 10.7. The lowest BCUT2D eigenvalue weighted by atomic mass is 9.87. The highest BCUT2D eigenvalue weighted by Gasteiger charge is 2.28. The summed E-state index contributed by atoms with van der Waals surface area (Å²) in [5, 5.41) is 4.13. The Hall–Kier alpha value is -2.10. The molecule has 0 unspecified atom stereocenters. The van der Waals surface area contributed by atoms with Crippen LogP contribution in [0.2, 0.25) is 0 Å². The van der Waals surface area contributed by atoms with Crippen LogP contribution < -0.4 is 0 Å². The van der Waals surface area contributed by atoms with Crippen LogP contribution in [-0.2, 0) is 19.9 Å². The smallest absolute Gasteiger partial charge is 0.257 e. The monoisotopic (exact) mass is 297 g/mol. The van der Waals surface area contributed by atoms with Crippen molar-refractivity contribution in [2.45, 2.75) is 38.6 Å². The molecule has 1 heterocycles. The highest BCUT2D eigenvalue weighted by molar-refractivity contribution is 5.94. The first-order valence-electron chi connectivity index (χ1n) is 8.05. The van der Waals surface area contributed by atoms with Crippen LogP contribution in [0, 0.1) is 0 Å². The normalized spacial score (nSPS) is 17.1. The molecule has 1 aliphatic rings. The van der Waals surface area contributed by atoms with Gasteiger partial charge < -0.3 is 4.90 Å². The first kappa shape index (κ1) is 14.8. The van der Waals surface area contributed by atoms with Crippen LogP contribution in [-0.4, -0.2) is 33.2 Å². The minimum Gasteiger partial charge on any atom is -0.335 e. The van der Waals surface area contributed by atoms with Crippen molar-refractivity contribution in [3.8, 4) is 0 Å². The van der Waals surface area contributed by atoms with Gasteiger partial charge in [-0.2, -0.15) is 5.10 Å². The minimum atomic E-state index is 0.110. The third kappa shape index (κ3) is 2.91. The van der Waals surface area contributed by atoms with Crippen molar-refractivity contribution in [3.63, 3.8) is 0 Å². The summed E-state index contributed by atoms with van der Waals surface area (Å²) in [5.41, 5.74) is 3.51. The average molecular weight is 297 g/mol. The maximum absolute atomic E-state index is 12.8. The predicted octanol–water partition coefficient (Wildman–Crippen LogP) is 2.83. The molecule has 0 radical (unpaired) electrons. The number of carbonyl (C=O) groups is 1. The van der Waals surface area contributed by atoms with Gasteiger partial charge in [0.05, 0.1) is 11.8 Å². The molecule has 4 nitrogen and oxygen atoms in total. The van der Waals surface area contributed by atoms with Crippen LogP contribution in [0.3, 0.4) is 0 Å². The Labute approximate surface area is 131 Å². The summed E-state index contributed by atoms with van der Waals surface area (Å²) in [6, 6.07) is 8.89. The molecular formula is C18H23N3O. The van der Waals surface area contributed by atoms with Gasteiger partial charge in [0, 0.05) is 25.8 Å². The topological polar surface area (TPSA) is 38.1 Å². The van der Waals surface area contributed by atoms with Crippen molar-refractivity contribution < 1.29 is 4.79 Å². The molecule has 1 aliphatic carbocycles. The zero-order valence-corrected chi connectivity index (χ0v) is 13.3. The van der Waals surface area contributed by atoms with Crippen molar-refractivity contribution in [2.24, 2.45) is 7.05 Å². The fourth-order valence-corrected chi connectivity index (χ4v) is 3.33. The van der Waals surface area contributed by atoms with Crippen molar-refractivity contribution in [1.29, 1.82) is 0 Å². The molecule has 0 saturated heterocycles. The number of hydrogen-bond acceptors (Lipinski definition) is 2. The Morgan fingerprint density at radius 2 is 2.14 bits per heavy atom. The lowest BCUT2D eigenvalue weighted by molar-refractivity contribution is 0.0661. The molecule has 0 bridgehead atoms. The number of carbonyl (C=O) groups excluding carboxylic acids is 1. The number of aryl methyl sites for hydroxylation is 2. The molecule has 1 aromatic carbocycles. The molecule has 0 fully saturated rings. The molecule has 0 aliphatic heterocycles. The van der Waals surface area contributed by atoms with Gasteiger partial charge in [0.2, 0.25) is 0 Å². The van der Waals surface area contributed by atoms with E-state index in [9.17, 15) is 4.79 Å². The molecule has 22 heavy (non-hydrogen) atoms. The van der Waals surface area contributed by atoms with Crippen LogP contribution in [0.1, 0.15) is 41.3 Å². The summed E-state index contributed by atoms with van der Waals surface area (Å²) in [6.07, 6.45) is 7.51. The second-order valence-corrected chi connectivity index (χ2v) is 6.07. The van der Waals surface area contributed by atoms with Gasteiger partial charge in [0.15, 0.2) is 0 Å². The van der Waals surface area contributed by atoms with Gasteiger partial charge in [-0.05, 0) is 36.8 Å². The SMILES string of the molecule is CCCN(C(=O)c1cnn(C)c1)[C@H]1CCc2ccccc2C1. The highest BCUT2D eigenvalue weighted by Crippen LogP contribution is 2.25. The van der Waals surface area contributed by atoms with Gasteiger partial charge in [0.1, 0.15) is 0 Å². The fourth-order valence-electron chi connectivity index (χ4n) is 3.33. The van der Waals surface area contributed by atoms with Crippen LogP contribution in [0.5, 0.6) is 0 Å². The van der Waals surface area contributed by atoms with Gasteiger partial charge in [-0.25, -0.2) is 0 Å². The van der Waals surface area contributed by atoms with E-state index in [1.165, 1.54) is 11.1 Å². The molecule has 2 aromatic rings. The van der Waals surface area contributed by atoms with Crippen LogP contribution in [0.25, 0.3) is 0 Å². The van der Waals surface area contributed by atoms with Crippen molar-refractivity contribution >= 4 is 5.91 Å². The fraction of sp³-hybridized carbons (Fsp3) is 0.444. The number of nitrogens with zero attached hydrogens (tertiary/aromatic N) is 3. The van der Waals surface area contributed by atoms with E-state index in [0.29, 0.717) is 11.6 Å². The molecular weight excluding hydrogens is 274 g/mol. The van der Waals surface area contributed by atoms with Gasteiger partial charge in [0.25, 0.3) is 5.91 Å². The van der Waals surface area contributed by atoms with E-state index in [4.69, 9.17) is 0 Å². The van der Waals surface area contributed by atoms with E-state index in [1.54, 1.807) is 10.9 Å². The van der Waals surface area contributed by atoms with E-state index in [-0.39, 0.29) is 5.91 Å². The largest absolute Gasteiger partial charge is 0.335 e. The van der Waals surface area contributed by atoms with E-state index >= 15 is 0 Å². The van der Waals surface area contributed by atoms with E-state index in [0.717, 1.165) is 32.2 Å². The van der Waals surface area contributed by atoms with Gasteiger partial charge in [-0.15, -0.1) is 0 Å². The number of benzene rings is 1. The number of hydrogen-bond donors (Lipinski definition) is 0. The molecule has 116 valence electrons. The third-order valence-corrected chi connectivity index (χ3v) is 4.44. The maximum atomic E-state index is 12.8. The number of fused-ring (bicyclic) bond motifs is 1. The molecule has 1 atom stereocenters. The molecule has 4 heteroatoms.